The number of hydrogen-bond acceptors (Lipinski definition) is 11. The smallest absolute Gasteiger partial charge is 0.316 e. The van der Waals surface area contributed by atoms with Crippen LogP contribution in [0.4, 0.5) is 4.79 Å². The first-order chi connectivity index (χ1) is 16.5. The Labute approximate surface area is 201 Å². The monoisotopic (exact) mass is 502 g/mol. The summed E-state index contributed by atoms with van der Waals surface area (Å²) in [6.07, 6.45) is -0.423. The molecule has 0 aromatic carbocycles. The lowest BCUT2D eigenvalue weighted by molar-refractivity contribution is -0.148. The van der Waals surface area contributed by atoms with Crippen LogP contribution in [0.25, 0.3) is 0 Å². The van der Waals surface area contributed by atoms with Gasteiger partial charge in [-0.1, -0.05) is 11.6 Å². The van der Waals surface area contributed by atoms with E-state index < -0.39 is 66.9 Å². The van der Waals surface area contributed by atoms with Crippen molar-refractivity contribution in [2.75, 3.05) is 13.2 Å². The van der Waals surface area contributed by atoms with Crippen LogP contribution in [0.1, 0.15) is 69.2 Å². The molecule has 1 unspecified atom stereocenters. The van der Waals surface area contributed by atoms with Gasteiger partial charge in [-0.3, -0.25) is 14.4 Å². The Hall–Kier alpha value is -3.14. The van der Waals surface area contributed by atoms with Gasteiger partial charge in [0.2, 0.25) is 5.89 Å². The van der Waals surface area contributed by atoms with Gasteiger partial charge >= 0.3 is 18.0 Å². The molecule has 10 N–H and O–H groups in total. The molecule has 1 heterocycles. The zero-order valence-electron chi connectivity index (χ0n) is 19.4. The van der Waals surface area contributed by atoms with Gasteiger partial charge in [0.05, 0.1) is 24.7 Å². The van der Waals surface area contributed by atoms with E-state index in [9.17, 15) is 29.4 Å². The lowest BCUT2D eigenvalue weighted by Gasteiger charge is -2.21. The van der Waals surface area contributed by atoms with Crippen LogP contribution in [0.2, 0.25) is 0 Å². The molecule has 0 aliphatic rings. The minimum absolute atomic E-state index is 0.0994. The number of carboxylic acid groups (broad SMARTS) is 2. The first-order valence-electron chi connectivity index (χ1n) is 11.1. The van der Waals surface area contributed by atoms with Gasteiger partial charge in [-0.15, -0.1) is 0 Å². The second-order valence-corrected chi connectivity index (χ2v) is 8.08. The van der Waals surface area contributed by atoms with Crippen molar-refractivity contribution in [1.29, 1.82) is 0 Å². The predicted molar refractivity (Wildman–Crippen MR) is 119 cm³/mol. The molecule has 5 atom stereocenters. The maximum Gasteiger partial charge on any atom is 0.316 e. The highest BCUT2D eigenvalue weighted by Crippen LogP contribution is 2.20. The van der Waals surface area contributed by atoms with Crippen molar-refractivity contribution in [2.24, 2.45) is 17.4 Å². The van der Waals surface area contributed by atoms with E-state index in [1.54, 1.807) is 0 Å². The number of nitrogens with zero attached hydrogens (tertiary/aromatic N) is 2. The van der Waals surface area contributed by atoms with E-state index in [2.05, 4.69) is 20.8 Å². The molecule has 2 amide bonds. The second kappa shape index (κ2) is 15.0. The van der Waals surface area contributed by atoms with Gasteiger partial charge in [-0.2, -0.15) is 4.98 Å². The maximum absolute atomic E-state index is 12.5. The van der Waals surface area contributed by atoms with E-state index in [4.69, 9.17) is 26.2 Å². The van der Waals surface area contributed by atoms with Crippen LogP contribution in [0, 0.1) is 5.92 Å². The standard InChI is InChI=1S/C20H34N6O9/c1-10(28)11(19(32)33)8-15(29)14(9-27)24-20(34)23-13(5-6-16(30)31)18-25-17(26-35-18)12(22)4-2-3-7-21/h10-14,27-28H,2-9,21-22H2,1H3,(H,30,31)(H,32,33)(H2,23,24,34)/t10?,11-,12-,13-,14-/m0/s1. The molecule has 15 heteroatoms. The number of urea groups is 1. The Morgan fingerprint density at radius 2 is 1.80 bits per heavy atom. The number of carbonyl (C=O) groups excluding carboxylic acids is 2. The van der Waals surface area contributed by atoms with Gasteiger partial charge < -0.3 is 47.1 Å². The maximum atomic E-state index is 12.5. The number of ketones is 1. The Bertz CT molecular complexity index is 847. The number of hydrogen-bond donors (Lipinski definition) is 8. The zero-order chi connectivity index (χ0) is 26.5. The number of aliphatic hydroxyl groups is 2. The molecule has 0 bridgehead atoms. The summed E-state index contributed by atoms with van der Waals surface area (Å²) in [4.78, 5) is 51.2. The number of unbranched alkanes of at least 4 members (excludes halogenated alkanes) is 1. The van der Waals surface area contributed by atoms with Crippen molar-refractivity contribution >= 4 is 23.8 Å². The summed E-state index contributed by atoms with van der Waals surface area (Å²) < 4.78 is 5.16. The van der Waals surface area contributed by atoms with Gasteiger partial charge in [0.15, 0.2) is 11.6 Å². The van der Waals surface area contributed by atoms with E-state index in [0.717, 1.165) is 12.8 Å². The number of nitrogens with one attached hydrogen (secondary N) is 2. The van der Waals surface area contributed by atoms with Crippen LogP contribution in [-0.2, 0) is 14.4 Å². The van der Waals surface area contributed by atoms with Gasteiger partial charge in [0.1, 0.15) is 12.1 Å². The molecule has 198 valence electrons. The van der Waals surface area contributed by atoms with Crippen LogP contribution in [0.5, 0.6) is 0 Å². The molecular weight excluding hydrogens is 468 g/mol. The van der Waals surface area contributed by atoms with Gasteiger partial charge in [-0.25, -0.2) is 4.79 Å². The van der Waals surface area contributed by atoms with Gasteiger partial charge in [0, 0.05) is 12.8 Å². The van der Waals surface area contributed by atoms with Gasteiger partial charge in [-0.05, 0) is 32.7 Å². The van der Waals surface area contributed by atoms with Crippen molar-refractivity contribution in [1.82, 2.24) is 20.8 Å². The SMILES string of the molecule is CC(O)[C@H](CC(=O)[C@H](CO)NC(=O)N[C@@H](CCC(=O)O)c1nc([C@@H](N)CCCCN)no1)C(=O)O. The molecule has 0 fully saturated rings. The number of nitrogens with two attached hydrogens (primary N) is 2. The number of amides is 2. The summed E-state index contributed by atoms with van der Waals surface area (Å²) in [6, 6.07) is -4.05. The van der Waals surface area contributed by atoms with Crippen molar-refractivity contribution in [3.8, 4) is 0 Å². The zero-order valence-corrected chi connectivity index (χ0v) is 19.4. The molecular formula is C20H34N6O9. The van der Waals surface area contributed by atoms with E-state index >= 15 is 0 Å². The lowest BCUT2D eigenvalue weighted by Crippen LogP contribution is -2.49. The Morgan fingerprint density at radius 1 is 1.11 bits per heavy atom. The topological polar surface area (TPSA) is 264 Å². The quantitative estimate of drug-likeness (QED) is 0.116. The average molecular weight is 503 g/mol. The number of aliphatic carboxylic acids is 2. The van der Waals surface area contributed by atoms with Crippen molar-refractivity contribution in [3.05, 3.63) is 11.7 Å². The van der Waals surface area contributed by atoms with Crippen molar-refractivity contribution < 1.29 is 44.1 Å². The van der Waals surface area contributed by atoms with E-state index in [1.807, 2.05) is 0 Å². The Balaban J connectivity index is 2.88. The van der Waals surface area contributed by atoms with E-state index in [-0.39, 0.29) is 24.6 Å². The molecule has 0 saturated carbocycles. The Kier molecular flexibility index (Phi) is 12.8. The molecule has 0 aliphatic heterocycles. The number of Topliss-reactive ketones (excluding diaryl/α,β-unsaturated/α-hetero) is 1. The minimum Gasteiger partial charge on any atom is -0.481 e. The number of carboxylic acids is 2. The van der Waals surface area contributed by atoms with Crippen LogP contribution >= 0.6 is 0 Å². The summed E-state index contributed by atoms with van der Waals surface area (Å²) in [5.41, 5.74) is 11.5. The average Bonchev–Trinajstić information content (AvgIpc) is 3.28. The molecule has 35 heavy (non-hydrogen) atoms. The van der Waals surface area contributed by atoms with Crippen LogP contribution in [0.3, 0.4) is 0 Å². The fraction of sp³-hybridized carbons (Fsp3) is 0.700. The third-order valence-electron chi connectivity index (χ3n) is 5.21. The molecule has 0 radical (unpaired) electrons. The number of aromatic nitrogens is 2. The second-order valence-electron chi connectivity index (χ2n) is 8.08. The third-order valence-corrected chi connectivity index (χ3v) is 5.21. The van der Waals surface area contributed by atoms with Crippen LogP contribution < -0.4 is 22.1 Å². The fourth-order valence-electron chi connectivity index (χ4n) is 3.11. The minimum atomic E-state index is -1.47. The van der Waals surface area contributed by atoms with Crippen molar-refractivity contribution in [3.63, 3.8) is 0 Å². The number of aliphatic hydroxyl groups excluding tert-OH is 2. The number of rotatable bonds is 17. The van der Waals surface area contributed by atoms with E-state index in [1.165, 1.54) is 6.92 Å². The van der Waals surface area contributed by atoms with Crippen molar-refractivity contribution in [2.45, 2.75) is 69.7 Å². The highest BCUT2D eigenvalue weighted by atomic mass is 16.5. The molecule has 1 aromatic heterocycles. The van der Waals surface area contributed by atoms with Crippen LogP contribution in [0.15, 0.2) is 4.52 Å². The summed E-state index contributed by atoms with van der Waals surface area (Å²) in [7, 11) is 0. The molecule has 1 aromatic rings. The first-order valence-corrected chi connectivity index (χ1v) is 11.1. The molecule has 0 spiro atoms. The third kappa shape index (κ3) is 10.3. The predicted octanol–water partition coefficient (Wildman–Crippen LogP) is -1.19. The first kappa shape index (κ1) is 29.9. The number of carbonyl (C=O) groups is 4. The van der Waals surface area contributed by atoms with Crippen LogP contribution in [-0.4, -0.2) is 79.6 Å². The summed E-state index contributed by atoms with van der Waals surface area (Å²) in [6.45, 7) is 0.879. The fourth-order valence-corrected chi connectivity index (χ4v) is 3.11. The molecule has 15 nitrogen and oxygen atoms in total. The van der Waals surface area contributed by atoms with Gasteiger partial charge in [0.25, 0.3) is 0 Å². The molecule has 1 rings (SSSR count). The molecule has 0 saturated heterocycles. The van der Waals surface area contributed by atoms with E-state index in [0.29, 0.717) is 13.0 Å². The largest absolute Gasteiger partial charge is 0.481 e. The Morgan fingerprint density at radius 3 is 2.34 bits per heavy atom. The highest BCUT2D eigenvalue weighted by Gasteiger charge is 2.31. The summed E-state index contributed by atoms with van der Waals surface area (Å²) in [5.74, 6) is -4.72. The summed E-state index contributed by atoms with van der Waals surface area (Å²) >= 11 is 0. The highest BCUT2D eigenvalue weighted by molar-refractivity contribution is 5.91. The summed E-state index contributed by atoms with van der Waals surface area (Å²) in [5, 5.41) is 45.6. The lowest BCUT2D eigenvalue weighted by atomic mass is 9.94. The molecule has 0 aliphatic carbocycles. The normalized spacial score (nSPS) is 15.5.